The van der Waals surface area contributed by atoms with Gasteiger partial charge in [-0.3, -0.25) is 0 Å². The summed E-state index contributed by atoms with van der Waals surface area (Å²) in [6.07, 6.45) is -8.34. The van der Waals surface area contributed by atoms with Crippen molar-refractivity contribution in [3.8, 4) is 0 Å². The lowest BCUT2D eigenvalue weighted by molar-refractivity contribution is -0.147. The molecule has 0 aromatic heterocycles. The Kier molecular flexibility index (Phi) is 4.25. The minimum atomic E-state index is -4.79. The molecule has 0 aliphatic rings. The number of hydrogen-bond acceptors (Lipinski definition) is 1. The number of hydrogen-bond donors (Lipinski definition) is 0. The van der Waals surface area contributed by atoms with E-state index in [4.69, 9.17) is 0 Å². The Labute approximate surface area is 104 Å². The molecule has 18 heavy (non-hydrogen) atoms. The number of thioether (sulfide) groups is 1. The number of aryl methyl sites for hydroxylation is 1. The third-order valence-electron chi connectivity index (χ3n) is 2.42. The average Bonchev–Trinajstić information content (AvgIpc) is 2.24. The highest BCUT2D eigenvalue weighted by Gasteiger charge is 2.41. The van der Waals surface area contributed by atoms with E-state index in [0.29, 0.717) is 17.8 Å². The molecular weight excluding hydrogens is 278 g/mol. The van der Waals surface area contributed by atoms with E-state index in [2.05, 4.69) is 0 Å². The first-order valence-corrected chi connectivity index (χ1v) is 6.19. The summed E-state index contributed by atoms with van der Waals surface area (Å²) in [4.78, 5) is -0.755. The fraction of sp³-hybridized carbons (Fsp3) is 0.455. The van der Waals surface area contributed by atoms with E-state index in [1.807, 2.05) is 0 Å². The van der Waals surface area contributed by atoms with E-state index < -0.39 is 28.4 Å². The molecule has 102 valence electrons. The second-order valence-corrected chi connectivity index (χ2v) is 4.35. The Bertz CT molecular complexity index is 432. The van der Waals surface area contributed by atoms with Crippen LogP contribution < -0.4 is 0 Å². The van der Waals surface area contributed by atoms with Crippen LogP contribution in [0.4, 0.5) is 26.3 Å². The molecule has 0 aliphatic heterocycles. The highest BCUT2D eigenvalue weighted by molar-refractivity contribution is 7.98. The molecule has 0 N–H and O–H groups in total. The van der Waals surface area contributed by atoms with Crippen molar-refractivity contribution in [1.29, 1.82) is 0 Å². The van der Waals surface area contributed by atoms with E-state index in [9.17, 15) is 26.3 Å². The standard InChI is InChI=1S/C11H10F6S/c1-3-6-4-5-7(10(12,13)14)9(18-2)8(6)11(15,16)17/h4-5H,3H2,1-2H3. The number of alkyl halides is 6. The lowest BCUT2D eigenvalue weighted by atomic mass is 10.0. The highest BCUT2D eigenvalue weighted by Crippen LogP contribution is 2.45. The van der Waals surface area contributed by atoms with Crippen molar-refractivity contribution in [2.45, 2.75) is 30.6 Å². The van der Waals surface area contributed by atoms with Crippen LogP contribution in [0.25, 0.3) is 0 Å². The van der Waals surface area contributed by atoms with Crippen LogP contribution in [0.15, 0.2) is 17.0 Å². The summed E-state index contributed by atoms with van der Waals surface area (Å²) in [7, 11) is 0. The predicted octanol–water partition coefficient (Wildman–Crippen LogP) is 5.01. The van der Waals surface area contributed by atoms with Crippen molar-refractivity contribution < 1.29 is 26.3 Å². The molecule has 0 atom stereocenters. The molecule has 0 saturated heterocycles. The van der Waals surface area contributed by atoms with Crippen LogP contribution in [0.3, 0.4) is 0 Å². The van der Waals surface area contributed by atoms with Crippen LogP contribution in [0, 0.1) is 0 Å². The van der Waals surface area contributed by atoms with Crippen LogP contribution in [-0.4, -0.2) is 6.26 Å². The maximum Gasteiger partial charge on any atom is 0.417 e. The summed E-state index contributed by atoms with van der Waals surface area (Å²) in [5.41, 5.74) is -2.54. The average molecular weight is 288 g/mol. The first kappa shape index (κ1) is 15.2. The molecule has 0 heterocycles. The zero-order valence-electron chi connectivity index (χ0n) is 9.54. The Hall–Kier alpha value is -0.850. The number of benzene rings is 1. The SMILES string of the molecule is CCc1ccc(C(F)(F)F)c(SC)c1C(F)(F)F. The zero-order chi connectivity index (χ0) is 14.1. The summed E-state index contributed by atoms with van der Waals surface area (Å²) in [6.45, 7) is 1.47. The second kappa shape index (κ2) is 5.03. The molecule has 0 aliphatic carbocycles. The first-order chi connectivity index (χ1) is 8.12. The van der Waals surface area contributed by atoms with Gasteiger partial charge in [0.1, 0.15) is 0 Å². The molecular formula is C11H10F6S. The van der Waals surface area contributed by atoms with Gasteiger partial charge in [0.25, 0.3) is 0 Å². The molecule has 7 heteroatoms. The molecule has 0 radical (unpaired) electrons. The van der Waals surface area contributed by atoms with Gasteiger partial charge in [-0.1, -0.05) is 13.0 Å². The predicted molar refractivity (Wildman–Crippen MR) is 57.6 cm³/mol. The minimum absolute atomic E-state index is 0.0283. The molecule has 1 aromatic rings. The third-order valence-corrected chi connectivity index (χ3v) is 3.25. The molecule has 1 aromatic carbocycles. The van der Waals surface area contributed by atoms with Gasteiger partial charge in [0.2, 0.25) is 0 Å². The lowest BCUT2D eigenvalue weighted by Crippen LogP contribution is -2.16. The van der Waals surface area contributed by atoms with Crippen molar-refractivity contribution in [2.75, 3.05) is 6.26 Å². The Morgan fingerprint density at radius 2 is 1.56 bits per heavy atom. The fourth-order valence-corrected chi connectivity index (χ4v) is 2.52. The van der Waals surface area contributed by atoms with Gasteiger partial charge in [-0.05, 0) is 24.3 Å². The molecule has 0 bridgehead atoms. The van der Waals surface area contributed by atoms with Gasteiger partial charge in [0, 0.05) is 4.90 Å². The molecule has 0 unspecified atom stereocenters. The number of rotatable bonds is 2. The monoisotopic (exact) mass is 288 g/mol. The maximum atomic E-state index is 12.9. The molecule has 1 rings (SSSR count). The van der Waals surface area contributed by atoms with Crippen molar-refractivity contribution in [1.82, 2.24) is 0 Å². The second-order valence-electron chi connectivity index (χ2n) is 3.53. The molecule has 0 spiro atoms. The van der Waals surface area contributed by atoms with Gasteiger partial charge in [-0.25, -0.2) is 0 Å². The summed E-state index contributed by atoms with van der Waals surface area (Å²) in [5, 5.41) is 0. The normalized spacial score (nSPS) is 12.9. The van der Waals surface area contributed by atoms with Gasteiger partial charge in [0.05, 0.1) is 11.1 Å². The van der Waals surface area contributed by atoms with Crippen LogP contribution in [0.1, 0.15) is 23.6 Å². The molecule has 0 saturated carbocycles. The van der Waals surface area contributed by atoms with Crippen molar-refractivity contribution in [3.05, 3.63) is 28.8 Å². The highest BCUT2D eigenvalue weighted by atomic mass is 32.2. The minimum Gasteiger partial charge on any atom is -0.166 e. The topological polar surface area (TPSA) is 0 Å². The van der Waals surface area contributed by atoms with Crippen LogP contribution >= 0.6 is 11.8 Å². The summed E-state index contributed by atoms with van der Waals surface area (Å²) < 4.78 is 76.6. The molecule has 0 nitrogen and oxygen atoms in total. The Morgan fingerprint density at radius 1 is 1.00 bits per heavy atom. The Balaban J connectivity index is 3.64. The van der Waals surface area contributed by atoms with E-state index in [1.54, 1.807) is 0 Å². The summed E-state index contributed by atoms with van der Waals surface area (Å²) >= 11 is 0.465. The van der Waals surface area contributed by atoms with Crippen LogP contribution in [0.5, 0.6) is 0 Å². The fourth-order valence-electron chi connectivity index (χ4n) is 1.66. The largest absolute Gasteiger partial charge is 0.417 e. The third kappa shape index (κ3) is 2.93. The van der Waals surface area contributed by atoms with E-state index >= 15 is 0 Å². The molecule has 0 fully saturated rings. The van der Waals surface area contributed by atoms with Crippen molar-refractivity contribution in [3.63, 3.8) is 0 Å². The van der Waals surface area contributed by atoms with Gasteiger partial charge in [-0.2, -0.15) is 26.3 Å². The Morgan fingerprint density at radius 3 is 1.89 bits per heavy atom. The maximum absolute atomic E-state index is 12.9. The van der Waals surface area contributed by atoms with Gasteiger partial charge in [0.15, 0.2) is 0 Å². The van der Waals surface area contributed by atoms with Gasteiger partial charge < -0.3 is 0 Å². The van der Waals surface area contributed by atoms with Crippen molar-refractivity contribution >= 4 is 11.8 Å². The van der Waals surface area contributed by atoms with E-state index in [1.165, 1.54) is 13.2 Å². The molecule has 0 amide bonds. The lowest BCUT2D eigenvalue weighted by Gasteiger charge is -2.20. The van der Waals surface area contributed by atoms with E-state index in [-0.39, 0.29) is 12.0 Å². The van der Waals surface area contributed by atoms with Crippen molar-refractivity contribution in [2.24, 2.45) is 0 Å². The number of halogens is 6. The first-order valence-electron chi connectivity index (χ1n) is 4.97. The summed E-state index contributed by atoms with van der Waals surface area (Å²) in [6, 6.07) is 1.60. The van der Waals surface area contributed by atoms with E-state index in [0.717, 1.165) is 6.07 Å². The quantitative estimate of drug-likeness (QED) is 0.544. The van der Waals surface area contributed by atoms with Gasteiger partial charge >= 0.3 is 12.4 Å². The summed E-state index contributed by atoms with van der Waals surface area (Å²) in [5.74, 6) is 0. The van der Waals surface area contributed by atoms with Crippen LogP contribution in [-0.2, 0) is 18.8 Å². The smallest absolute Gasteiger partial charge is 0.166 e. The van der Waals surface area contributed by atoms with Gasteiger partial charge in [-0.15, -0.1) is 11.8 Å². The van der Waals surface area contributed by atoms with Crippen LogP contribution in [0.2, 0.25) is 0 Å². The zero-order valence-corrected chi connectivity index (χ0v) is 10.4.